The maximum atomic E-state index is 13.0. The molecule has 2 saturated heterocycles. The Morgan fingerprint density at radius 1 is 1.08 bits per heavy atom. The highest BCUT2D eigenvalue weighted by molar-refractivity contribution is 6.19. The van der Waals surface area contributed by atoms with Gasteiger partial charge in [0.05, 0.1) is 17.4 Å². The Labute approximate surface area is 211 Å². The lowest BCUT2D eigenvalue weighted by molar-refractivity contribution is -0.117. The summed E-state index contributed by atoms with van der Waals surface area (Å²) in [6.45, 7) is 3.08. The number of likely N-dealkylation sites (tertiary alicyclic amines) is 2. The van der Waals surface area contributed by atoms with Crippen LogP contribution in [0.5, 0.6) is 0 Å². The molecule has 2 aromatic carbocycles. The van der Waals surface area contributed by atoms with Gasteiger partial charge in [-0.1, -0.05) is 48.5 Å². The molecule has 2 atom stereocenters. The first-order valence-electron chi connectivity index (χ1n) is 12.6. The molecule has 2 fully saturated rings. The molecule has 188 valence electrons. The van der Waals surface area contributed by atoms with Gasteiger partial charge in [-0.15, -0.1) is 0 Å². The minimum absolute atomic E-state index is 0.0808. The number of carbonyl (C=O) groups is 1. The van der Waals surface area contributed by atoms with Crippen LogP contribution in [0.1, 0.15) is 36.8 Å². The van der Waals surface area contributed by atoms with Crippen molar-refractivity contribution in [2.75, 3.05) is 32.0 Å². The second-order valence-corrected chi connectivity index (χ2v) is 9.62. The molecule has 0 radical (unpaired) electrons. The third-order valence-electron chi connectivity index (χ3n) is 7.19. The average Bonchev–Trinajstić information content (AvgIpc) is 3.33. The summed E-state index contributed by atoms with van der Waals surface area (Å²) >= 11 is 0. The minimum Gasteiger partial charge on any atom is -0.410 e. The summed E-state index contributed by atoms with van der Waals surface area (Å²) < 4.78 is 5.70. The van der Waals surface area contributed by atoms with E-state index in [0.717, 1.165) is 56.4 Å². The zero-order valence-electron chi connectivity index (χ0n) is 20.6. The van der Waals surface area contributed by atoms with Gasteiger partial charge in [-0.25, -0.2) is 4.99 Å². The number of benzene rings is 2. The fraction of sp³-hybridized carbons (Fsp3) is 0.407. The first kappa shape index (κ1) is 24.1. The van der Waals surface area contributed by atoms with Gasteiger partial charge in [-0.05, 0) is 58.4 Å². The molecule has 3 aliphatic heterocycles. The van der Waals surface area contributed by atoms with E-state index in [1.165, 1.54) is 0 Å². The minimum atomic E-state index is -1.13. The number of ether oxygens (including phenoxy) is 1. The van der Waals surface area contributed by atoms with Crippen LogP contribution < -0.4 is 11.1 Å². The van der Waals surface area contributed by atoms with Crippen LogP contribution in [0, 0.1) is 5.41 Å². The largest absolute Gasteiger partial charge is 0.410 e. The maximum absolute atomic E-state index is 13.0. The summed E-state index contributed by atoms with van der Waals surface area (Å²) in [5, 5.41) is 11.5. The van der Waals surface area contributed by atoms with Crippen LogP contribution in [-0.2, 0) is 9.53 Å². The summed E-state index contributed by atoms with van der Waals surface area (Å²) in [6.07, 6.45) is 2.92. The monoisotopic (exact) mass is 487 g/mol. The molecule has 2 aromatic rings. The number of nitrogens with two attached hydrogens (primary N) is 1. The van der Waals surface area contributed by atoms with Crippen molar-refractivity contribution >= 4 is 29.2 Å². The number of amidine groups is 1. The number of fused-ring (bicyclic) bond motifs is 1. The molecule has 1 amide bonds. The zero-order valence-corrected chi connectivity index (χ0v) is 20.6. The second kappa shape index (κ2) is 10.6. The van der Waals surface area contributed by atoms with Crippen LogP contribution >= 0.6 is 0 Å². The number of hydrogen-bond donors (Lipinski definition) is 3. The summed E-state index contributed by atoms with van der Waals surface area (Å²) in [4.78, 5) is 26.7. The van der Waals surface area contributed by atoms with Crippen LogP contribution in [0.4, 0.5) is 5.69 Å². The molecule has 0 bridgehead atoms. The molecule has 0 saturated carbocycles. The second-order valence-electron chi connectivity index (χ2n) is 9.62. The molecule has 0 aliphatic carbocycles. The zero-order chi connectivity index (χ0) is 25.1. The Hall–Kier alpha value is -3.56. The van der Waals surface area contributed by atoms with E-state index in [1.807, 2.05) is 54.6 Å². The molecule has 0 aromatic heterocycles. The van der Waals surface area contributed by atoms with Crippen molar-refractivity contribution in [3.8, 4) is 0 Å². The van der Waals surface area contributed by atoms with E-state index < -0.39 is 12.1 Å². The Bertz CT molecular complexity index is 1170. The average molecular weight is 488 g/mol. The van der Waals surface area contributed by atoms with Gasteiger partial charge in [0, 0.05) is 17.2 Å². The third-order valence-corrected chi connectivity index (χ3v) is 7.19. The fourth-order valence-electron chi connectivity index (χ4n) is 5.32. The van der Waals surface area contributed by atoms with Gasteiger partial charge in [0.2, 0.25) is 12.1 Å². The normalized spacial score (nSPS) is 24.0. The van der Waals surface area contributed by atoms with E-state index in [9.17, 15) is 4.79 Å². The van der Waals surface area contributed by atoms with Crippen molar-refractivity contribution in [1.29, 1.82) is 5.41 Å². The van der Waals surface area contributed by atoms with Crippen LogP contribution in [0.25, 0.3) is 0 Å². The van der Waals surface area contributed by atoms with Crippen molar-refractivity contribution in [3.63, 3.8) is 0 Å². The predicted octanol–water partition coefficient (Wildman–Crippen LogP) is 2.67. The molecular formula is C27H33N7O2. The van der Waals surface area contributed by atoms with Crippen molar-refractivity contribution in [2.45, 2.75) is 43.9 Å². The predicted molar refractivity (Wildman–Crippen MR) is 142 cm³/mol. The van der Waals surface area contributed by atoms with Gasteiger partial charge in [0.15, 0.2) is 0 Å². The van der Waals surface area contributed by atoms with Gasteiger partial charge in [0.25, 0.3) is 11.9 Å². The highest BCUT2D eigenvalue weighted by Crippen LogP contribution is 2.27. The number of carbonyl (C=O) groups excluding carboxylic acids is 1. The quantitative estimate of drug-likeness (QED) is 0.453. The molecule has 36 heavy (non-hydrogen) atoms. The van der Waals surface area contributed by atoms with E-state index in [4.69, 9.17) is 15.9 Å². The van der Waals surface area contributed by atoms with Gasteiger partial charge < -0.3 is 20.7 Å². The molecule has 3 heterocycles. The molecule has 5 rings (SSSR count). The number of nitrogens with one attached hydrogen (secondary N) is 2. The smallest absolute Gasteiger partial charge is 0.291 e. The van der Waals surface area contributed by atoms with Crippen LogP contribution in [-0.4, -0.2) is 78.3 Å². The molecular weight excluding hydrogens is 454 g/mol. The first-order chi connectivity index (χ1) is 17.5. The number of anilines is 1. The van der Waals surface area contributed by atoms with Gasteiger partial charge in [-0.2, -0.15) is 4.99 Å². The van der Waals surface area contributed by atoms with Crippen molar-refractivity contribution in [2.24, 2.45) is 15.7 Å². The lowest BCUT2D eigenvalue weighted by Gasteiger charge is -2.37. The highest BCUT2D eigenvalue weighted by Gasteiger charge is 2.36. The van der Waals surface area contributed by atoms with E-state index in [1.54, 1.807) is 0 Å². The molecule has 9 heteroatoms. The topological polar surface area (TPSA) is 119 Å². The van der Waals surface area contributed by atoms with Gasteiger partial charge >= 0.3 is 0 Å². The highest BCUT2D eigenvalue weighted by atomic mass is 16.5. The lowest BCUT2D eigenvalue weighted by Crippen LogP contribution is -2.49. The number of piperidine rings is 1. The van der Waals surface area contributed by atoms with Gasteiger partial charge in [0.1, 0.15) is 0 Å². The van der Waals surface area contributed by atoms with Crippen LogP contribution in [0.2, 0.25) is 0 Å². The Morgan fingerprint density at radius 2 is 1.81 bits per heavy atom. The SMILES string of the molecule is CN1CCC(N2CCC[C@H]2C(=N)OC(N)=NC2N=C(c3ccccc3)c3ccccc3NC2=O)CC1. The van der Waals surface area contributed by atoms with E-state index >= 15 is 0 Å². The first-order valence-corrected chi connectivity index (χ1v) is 12.6. The number of nitrogens with zero attached hydrogens (tertiary/aromatic N) is 4. The molecule has 0 spiro atoms. The number of hydrogen-bond acceptors (Lipinski definition) is 7. The maximum Gasteiger partial charge on any atom is 0.291 e. The van der Waals surface area contributed by atoms with Crippen molar-refractivity contribution < 1.29 is 9.53 Å². The molecule has 1 unspecified atom stereocenters. The Balaban J connectivity index is 1.35. The van der Waals surface area contributed by atoms with Crippen LogP contribution in [0.15, 0.2) is 64.6 Å². The Kier molecular flexibility index (Phi) is 7.11. The number of rotatable bonds is 4. The standard InChI is InChI=1S/C27H33N7O2/c1-33-16-13-19(14-17-33)34-15-7-12-22(34)24(28)36-27(29)32-25-26(35)30-21-11-6-5-10-20(21)23(31-25)18-8-3-2-4-9-18/h2-6,8-11,19,22,25,28H,7,12-17H2,1H3,(H2,29,32)(H,30,35)/t22-,25?/m0/s1. The summed E-state index contributed by atoms with van der Waals surface area (Å²) in [6, 6.07) is 17.3. The van der Waals surface area contributed by atoms with E-state index in [-0.39, 0.29) is 18.0 Å². The van der Waals surface area contributed by atoms with E-state index in [0.29, 0.717) is 17.4 Å². The number of amides is 1. The van der Waals surface area contributed by atoms with Gasteiger partial charge in [-0.3, -0.25) is 15.1 Å². The number of aliphatic imine (C=N–C) groups is 2. The number of benzodiazepines with no additional fused rings is 1. The summed E-state index contributed by atoms with van der Waals surface area (Å²) in [7, 11) is 2.15. The summed E-state index contributed by atoms with van der Waals surface area (Å²) in [5.41, 5.74) is 9.11. The van der Waals surface area contributed by atoms with Crippen molar-refractivity contribution in [3.05, 3.63) is 65.7 Å². The fourth-order valence-corrected chi connectivity index (χ4v) is 5.32. The molecule has 9 nitrogen and oxygen atoms in total. The van der Waals surface area contributed by atoms with Crippen molar-refractivity contribution in [1.82, 2.24) is 9.80 Å². The Morgan fingerprint density at radius 3 is 2.58 bits per heavy atom. The van der Waals surface area contributed by atoms with E-state index in [2.05, 4.69) is 32.1 Å². The molecule has 4 N–H and O–H groups in total. The summed E-state index contributed by atoms with van der Waals surface area (Å²) in [5.74, 6) is -0.322. The third kappa shape index (κ3) is 5.17. The number of para-hydroxylation sites is 1. The molecule has 3 aliphatic rings. The van der Waals surface area contributed by atoms with Crippen LogP contribution in [0.3, 0.4) is 0 Å². The lowest BCUT2D eigenvalue weighted by atomic mass is 10.0.